The molecule has 0 saturated carbocycles. The van der Waals surface area contributed by atoms with Crippen molar-refractivity contribution in [2.75, 3.05) is 39.6 Å². The SMILES string of the molecule is CCC(C)CCCCCCCCC(=O)OC[C@H](COP(=O)(O)OC[C@H](O)COP(=O)(O)OC[C@@H](COC(=O)CCCCCCCCCCCCC(C)C)OC(=O)CCCCCCCCC(C)CC)OC(=O)CCCCCCCCCCCCCCCCCC(C)C. The van der Waals surface area contributed by atoms with Crippen LogP contribution in [0.15, 0.2) is 0 Å². The normalized spacial score (nSPS) is 14.8. The van der Waals surface area contributed by atoms with Crippen molar-refractivity contribution in [1.29, 1.82) is 0 Å². The first kappa shape index (κ1) is 89.1. The number of phosphoric acid groups is 2. The summed E-state index contributed by atoms with van der Waals surface area (Å²) in [4.78, 5) is 72.6. The number of rotatable bonds is 69. The van der Waals surface area contributed by atoms with Crippen molar-refractivity contribution >= 4 is 39.5 Å². The van der Waals surface area contributed by atoms with Gasteiger partial charge >= 0.3 is 39.5 Å². The minimum atomic E-state index is -4.95. The van der Waals surface area contributed by atoms with Crippen LogP contribution in [0, 0.1) is 23.7 Å². The van der Waals surface area contributed by atoms with Crippen LogP contribution in [0.5, 0.6) is 0 Å². The van der Waals surface area contributed by atoms with Gasteiger partial charge in [0.15, 0.2) is 12.2 Å². The van der Waals surface area contributed by atoms with Gasteiger partial charge in [-0.05, 0) is 49.4 Å². The van der Waals surface area contributed by atoms with Crippen LogP contribution in [-0.4, -0.2) is 96.7 Å². The van der Waals surface area contributed by atoms with Crippen LogP contribution < -0.4 is 0 Å². The number of hydrogen-bond donors (Lipinski definition) is 3. The van der Waals surface area contributed by atoms with Gasteiger partial charge in [-0.15, -0.1) is 0 Å². The maximum atomic E-state index is 13.0. The molecule has 0 aliphatic heterocycles. The summed E-state index contributed by atoms with van der Waals surface area (Å²) in [5, 5.41) is 10.6. The minimum absolute atomic E-state index is 0.102. The smallest absolute Gasteiger partial charge is 0.462 e. The number of hydrogen-bond acceptors (Lipinski definition) is 15. The number of aliphatic hydroxyl groups is 1. The molecule has 0 saturated heterocycles. The highest BCUT2D eigenvalue weighted by Gasteiger charge is 2.30. The molecule has 4 unspecified atom stereocenters. The molecule has 0 aliphatic carbocycles. The summed E-state index contributed by atoms with van der Waals surface area (Å²) in [6.45, 7) is 14.1. The van der Waals surface area contributed by atoms with Crippen molar-refractivity contribution in [3.8, 4) is 0 Å². The van der Waals surface area contributed by atoms with Crippen molar-refractivity contribution in [1.82, 2.24) is 0 Å². The van der Waals surface area contributed by atoms with Crippen LogP contribution in [0.2, 0.25) is 0 Å². The monoisotopic (exact) mass is 1340 g/mol. The summed E-state index contributed by atoms with van der Waals surface area (Å²) < 4.78 is 68.3. The number of unbranched alkanes of at least 4 members (excludes halogenated alkanes) is 33. The third-order valence-corrected chi connectivity index (χ3v) is 19.2. The van der Waals surface area contributed by atoms with E-state index in [4.69, 9.17) is 37.0 Å². The maximum absolute atomic E-state index is 13.0. The van der Waals surface area contributed by atoms with E-state index in [-0.39, 0.29) is 25.7 Å². The molecule has 540 valence electrons. The number of carbonyl (C=O) groups is 4. The average Bonchev–Trinajstić information content (AvgIpc) is 2.92. The van der Waals surface area contributed by atoms with Crippen molar-refractivity contribution < 1.29 is 80.2 Å². The lowest BCUT2D eigenvalue weighted by atomic mass is 10.00. The Bertz CT molecular complexity index is 1800. The molecule has 0 fully saturated rings. The maximum Gasteiger partial charge on any atom is 0.472 e. The Morgan fingerprint density at radius 3 is 0.780 bits per heavy atom. The standard InChI is InChI=1S/C72H140O17P2/c1-9-64(7)50-42-34-28-30-37-45-53-70(75)83-59-67(88-71(76)54-46-38-27-23-17-15-13-11-12-14-16-20-24-32-40-48-62(3)4)60-86-90(78,79)84-56-66(73)57-85-91(80,81)87-61-68(89-72(77)55-47-39-31-29-35-43-51-65(8)10-2)58-82-69(74)52-44-36-26-22-19-18-21-25-33-41-49-63(5)6/h62-68,73H,9-61H2,1-8H3,(H,78,79)(H,80,81)/t64?,65?,66-,67+,68+/m0/s1. The van der Waals surface area contributed by atoms with Gasteiger partial charge in [0, 0.05) is 25.7 Å². The molecule has 0 aromatic heterocycles. The number of ether oxygens (including phenoxy) is 4. The van der Waals surface area contributed by atoms with E-state index in [1.165, 1.54) is 154 Å². The van der Waals surface area contributed by atoms with E-state index in [1.54, 1.807) is 0 Å². The van der Waals surface area contributed by atoms with Crippen molar-refractivity contribution in [3.05, 3.63) is 0 Å². The Balaban J connectivity index is 5.22. The van der Waals surface area contributed by atoms with Gasteiger partial charge in [0.1, 0.15) is 19.3 Å². The molecule has 3 N–H and O–H groups in total. The highest BCUT2D eigenvalue weighted by molar-refractivity contribution is 7.47. The Kier molecular flexibility index (Phi) is 60.3. The zero-order valence-electron chi connectivity index (χ0n) is 59.5. The van der Waals surface area contributed by atoms with Crippen LogP contribution in [0.4, 0.5) is 0 Å². The summed E-state index contributed by atoms with van der Waals surface area (Å²) in [5.74, 6) is 0.882. The summed E-state index contributed by atoms with van der Waals surface area (Å²) in [5.41, 5.74) is 0. The van der Waals surface area contributed by atoms with E-state index >= 15 is 0 Å². The summed E-state index contributed by atoms with van der Waals surface area (Å²) in [6, 6.07) is 0. The predicted molar refractivity (Wildman–Crippen MR) is 367 cm³/mol. The zero-order valence-corrected chi connectivity index (χ0v) is 61.3. The third-order valence-electron chi connectivity index (χ3n) is 17.3. The van der Waals surface area contributed by atoms with Gasteiger partial charge in [-0.25, -0.2) is 9.13 Å². The quantitative estimate of drug-likeness (QED) is 0.0222. The minimum Gasteiger partial charge on any atom is -0.462 e. The predicted octanol–water partition coefficient (Wildman–Crippen LogP) is 20.5. The van der Waals surface area contributed by atoms with Crippen LogP contribution in [0.1, 0.15) is 357 Å². The Labute approximate surface area is 556 Å². The molecular formula is C72H140O17P2. The first-order valence-electron chi connectivity index (χ1n) is 37.3. The second kappa shape index (κ2) is 61.6. The molecule has 19 heteroatoms. The molecule has 7 atom stereocenters. The molecule has 0 aromatic carbocycles. The van der Waals surface area contributed by atoms with Crippen LogP contribution >= 0.6 is 15.6 Å². The van der Waals surface area contributed by atoms with Crippen molar-refractivity contribution in [2.45, 2.75) is 375 Å². The average molecular weight is 1340 g/mol. The molecule has 0 bridgehead atoms. The van der Waals surface area contributed by atoms with E-state index in [9.17, 15) is 43.2 Å². The highest BCUT2D eigenvalue weighted by atomic mass is 31.2. The summed E-state index contributed by atoms with van der Waals surface area (Å²) in [7, 11) is -9.91. The Morgan fingerprint density at radius 1 is 0.308 bits per heavy atom. The third kappa shape index (κ3) is 63.9. The number of aliphatic hydroxyl groups excluding tert-OH is 1. The molecule has 0 amide bonds. The van der Waals surface area contributed by atoms with E-state index in [0.29, 0.717) is 25.7 Å². The fraction of sp³-hybridized carbons (Fsp3) is 0.944. The van der Waals surface area contributed by atoms with Gasteiger partial charge in [0.2, 0.25) is 0 Å². The fourth-order valence-corrected chi connectivity index (χ4v) is 12.4. The molecular weight excluding hydrogens is 1200 g/mol. The van der Waals surface area contributed by atoms with Gasteiger partial charge in [0.05, 0.1) is 26.4 Å². The van der Waals surface area contributed by atoms with E-state index in [2.05, 4.69) is 55.4 Å². The fourth-order valence-electron chi connectivity index (χ4n) is 10.8. The van der Waals surface area contributed by atoms with Gasteiger partial charge in [-0.1, -0.05) is 306 Å². The first-order chi connectivity index (χ1) is 43.7. The topological polar surface area (TPSA) is 237 Å². The zero-order chi connectivity index (χ0) is 67.5. The van der Waals surface area contributed by atoms with Gasteiger partial charge in [-0.2, -0.15) is 0 Å². The van der Waals surface area contributed by atoms with Crippen LogP contribution in [-0.2, 0) is 65.4 Å². The lowest BCUT2D eigenvalue weighted by Crippen LogP contribution is -2.30. The Morgan fingerprint density at radius 2 is 0.527 bits per heavy atom. The van der Waals surface area contributed by atoms with Gasteiger partial charge in [0.25, 0.3) is 0 Å². The lowest BCUT2D eigenvalue weighted by Gasteiger charge is -2.21. The summed E-state index contributed by atoms with van der Waals surface area (Å²) >= 11 is 0. The van der Waals surface area contributed by atoms with E-state index in [0.717, 1.165) is 120 Å². The van der Waals surface area contributed by atoms with Crippen molar-refractivity contribution in [3.63, 3.8) is 0 Å². The molecule has 0 heterocycles. The number of esters is 4. The molecule has 91 heavy (non-hydrogen) atoms. The molecule has 0 aromatic rings. The number of phosphoric ester groups is 2. The van der Waals surface area contributed by atoms with Crippen LogP contribution in [0.25, 0.3) is 0 Å². The second-order valence-corrected chi connectivity index (χ2v) is 30.3. The van der Waals surface area contributed by atoms with Crippen LogP contribution in [0.3, 0.4) is 0 Å². The largest absolute Gasteiger partial charge is 0.472 e. The van der Waals surface area contributed by atoms with E-state index < -0.39 is 97.5 Å². The summed E-state index contributed by atoms with van der Waals surface area (Å²) in [6.07, 6.45) is 44.5. The molecule has 0 aliphatic rings. The highest BCUT2D eigenvalue weighted by Crippen LogP contribution is 2.45. The lowest BCUT2D eigenvalue weighted by molar-refractivity contribution is -0.161. The van der Waals surface area contributed by atoms with E-state index in [1.807, 2.05) is 0 Å². The molecule has 0 spiro atoms. The first-order valence-corrected chi connectivity index (χ1v) is 40.3. The van der Waals surface area contributed by atoms with Gasteiger partial charge < -0.3 is 33.8 Å². The van der Waals surface area contributed by atoms with Gasteiger partial charge in [-0.3, -0.25) is 37.3 Å². The molecule has 0 rings (SSSR count). The second-order valence-electron chi connectivity index (χ2n) is 27.4. The number of carbonyl (C=O) groups excluding carboxylic acids is 4. The molecule has 0 radical (unpaired) electrons. The van der Waals surface area contributed by atoms with Crippen molar-refractivity contribution in [2.24, 2.45) is 23.7 Å². The molecule has 17 nitrogen and oxygen atoms in total. The Hall–Kier alpha value is -1.94.